The Morgan fingerprint density at radius 3 is 2.84 bits per heavy atom. The highest BCUT2D eigenvalue weighted by Crippen LogP contribution is 2.20. The number of halogens is 2. The standard InChI is InChI=1S/C23H31FN4O3.HI/c1-2-25-23(27-10-3-12-29-16-19-9-13-30-17-19)28-15-18-8-11-26-22(14-18)31-21-6-4-20(24)5-7-21;/h4-8,11,14,19H,2-3,9-10,12-13,15-17H2,1H3,(H2,25,27,28);1H. The van der Waals surface area contributed by atoms with Crippen molar-refractivity contribution in [3.8, 4) is 11.6 Å². The van der Waals surface area contributed by atoms with Gasteiger partial charge in [0, 0.05) is 44.5 Å². The van der Waals surface area contributed by atoms with Crippen molar-refractivity contribution in [1.82, 2.24) is 15.6 Å². The van der Waals surface area contributed by atoms with Crippen LogP contribution >= 0.6 is 24.0 Å². The minimum absolute atomic E-state index is 0. The third-order valence-corrected chi connectivity index (χ3v) is 4.73. The number of hydrogen-bond acceptors (Lipinski definition) is 5. The SMILES string of the molecule is CCNC(=NCc1ccnc(Oc2ccc(F)cc2)c1)NCCCOCC1CCOC1.I. The zero-order valence-electron chi connectivity index (χ0n) is 18.4. The highest BCUT2D eigenvalue weighted by atomic mass is 127. The molecule has 1 atom stereocenters. The van der Waals surface area contributed by atoms with Gasteiger partial charge in [0.2, 0.25) is 5.88 Å². The van der Waals surface area contributed by atoms with Gasteiger partial charge < -0.3 is 24.8 Å². The molecule has 7 nitrogen and oxygen atoms in total. The summed E-state index contributed by atoms with van der Waals surface area (Å²) in [6.45, 7) is 7.24. The number of benzene rings is 1. The van der Waals surface area contributed by atoms with E-state index in [0.29, 0.717) is 24.1 Å². The van der Waals surface area contributed by atoms with Gasteiger partial charge in [-0.2, -0.15) is 0 Å². The molecule has 176 valence electrons. The molecule has 1 aliphatic rings. The molecule has 1 unspecified atom stereocenters. The molecule has 1 fully saturated rings. The average Bonchev–Trinajstić information content (AvgIpc) is 3.30. The number of ether oxygens (including phenoxy) is 3. The van der Waals surface area contributed by atoms with E-state index >= 15 is 0 Å². The van der Waals surface area contributed by atoms with Gasteiger partial charge in [0.05, 0.1) is 19.8 Å². The van der Waals surface area contributed by atoms with E-state index in [9.17, 15) is 4.39 Å². The maximum absolute atomic E-state index is 13.0. The van der Waals surface area contributed by atoms with Crippen molar-refractivity contribution in [3.63, 3.8) is 0 Å². The van der Waals surface area contributed by atoms with Crippen LogP contribution in [0.1, 0.15) is 25.3 Å². The van der Waals surface area contributed by atoms with Crippen LogP contribution in [0.2, 0.25) is 0 Å². The van der Waals surface area contributed by atoms with Gasteiger partial charge in [0.25, 0.3) is 0 Å². The van der Waals surface area contributed by atoms with Crippen molar-refractivity contribution in [2.24, 2.45) is 10.9 Å². The second-order valence-electron chi connectivity index (χ2n) is 7.34. The molecule has 0 radical (unpaired) electrons. The van der Waals surface area contributed by atoms with Crippen LogP contribution in [0.25, 0.3) is 0 Å². The summed E-state index contributed by atoms with van der Waals surface area (Å²) in [5, 5.41) is 6.58. The Labute approximate surface area is 206 Å². The molecule has 0 spiro atoms. The van der Waals surface area contributed by atoms with Crippen molar-refractivity contribution in [1.29, 1.82) is 0 Å². The summed E-state index contributed by atoms with van der Waals surface area (Å²) in [6.07, 6.45) is 3.68. The number of nitrogens with zero attached hydrogens (tertiary/aromatic N) is 2. The lowest BCUT2D eigenvalue weighted by molar-refractivity contribution is 0.0888. The van der Waals surface area contributed by atoms with E-state index in [4.69, 9.17) is 14.2 Å². The molecule has 0 aliphatic carbocycles. The number of hydrogen-bond donors (Lipinski definition) is 2. The molecular weight excluding hydrogens is 526 g/mol. The maximum atomic E-state index is 13.0. The van der Waals surface area contributed by atoms with Crippen LogP contribution in [0.4, 0.5) is 4.39 Å². The summed E-state index contributed by atoms with van der Waals surface area (Å²) in [5.41, 5.74) is 0.964. The zero-order chi connectivity index (χ0) is 21.7. The van der Waals surface area contributed by atoms with Crippen LogP contribution < -0.4 is 15.4 Å². The van der Waals surface area contributed by atoms with E-state index in [1.54, 1.807) is 18.3 Å². The van der Waals surface area contributed by atoms with Crippen LogP contribution in [-0.4, -0.2) is 50.5 Å². The van der Waals surface area contributed by atoms with Crippen LogP contribution in [0.15, 0.2) is 47.6 Å². The molecule has 9 heteroatoms. The fourth-order valence-corrected chi connectivity index (χ4v) is 3.09. The predicted molar refractivity (Wildman–Crippen MR) is 133 cm³/mol. The third kappa shape index (κ3) is 9.66. The van der Waals surface area contributed by atoms with Crippen LogP contribution in [0.5, 0.6) is 11.6 Å². The predicted octanol–water partition coefficient (Wildman–Crippen LogP) is 4.13. The quantitative estimate of drug-likeness (QED) is 0.187. The number of pyridine rings is 1. The molecule has 3 rings (SSSR count). The van der Waals surface area contributed by atoms with Crippen LogP contribution in [-0.2, 0) is 16.0 Å². The highest BCUT2D eigenvalue weighted by molar-refractivity contribution is 14.0. The topological polar surface area (TPSA) is 77.0 Å². The largest absolute Gasteiger partial charge is 0.439 e. The second kappa shape index (κ2) is 15.0. The molecule has 1 aliphatic heterocycles. The highest BCUT2D eigenvalue weighted by Gasteiger charge is 2.15. The summed E-state index contributed by atoms with van der Waals surface area (Å²) in [4.78, 5) is 8.84. The number of nitrogens with one attached hydrogen (secondary N) is 2. The molecule has 1 aromatic carbocycles. The van der Waals surface area contributed by atoms with Gasteiger partial charge in [0.15, 0.2) is 5.96 Å². The van der Waals surface area contributed by atoms with Crippen molar-refractivity contribution < 1.29 is 18.6 Å². The van der Waals surface area contributed by atoms with Gasteiger partial charge in [-0.15, -0.1) is 24.0 Å². The Hall–Kier alpha value is -1.98. The molecule has 0 amide bonds. The van der Waals surface area contributed by atoms with E-state index in [0.717, 1.165) is 63.9 Å². The normalized spacial score (nSPS) is 15.8. The molecule has 2 heterocycles. The molecule has 0 bridgehead atoms. The van der Waals surface area contributed by atoms with Gasteiger partial charge in [0.1, 0.15) is 11.6 Å². The summed E-state index contributed by atoms with van der Waals surface area (Å²) >= 11 is 0. The maximum Gasteiger partial charge on any atom is 0.219 e. The van der Waals surface area contributed by atoms with Crippen LogP contribution in [0.3, 0.4) is 0 Å². The van der Waals surface area contributed by atoms with Gasteiger partial charge in [-0.25, -0.2) is 14.4 Å². The first-order chi connectivity index (χ1) is 15.2. The first-order valence-electron chi connectivity index (χ1n) is 10.8. The summed E-state index contributed by atoms with van der Waals surface area (Å²) < 4.78 is 29.8. The minimum atomic E-state index is -0.304. The summed E-state index contributed by atoms with van der Waals surface area (Å²) in [6, 6.07) is 9.57. The van der Waals surface area contributed by atoms with Gasteiger partial charge >= 0.3 is 0 Å². The first kappa shape index (κ1) is 26.3. The average molecular weight is 558 g/mol. The van der Waals surface area contributed by atoms with E-state index in [1.807, 2.05) is 19.1 Å². The van der Waals surface area contributed by atoms with Gasteiger partial charge in [-0.1, -0.05) is 0 Å². The van der Waals surface area contributed by atoms with Crippen molar-refractivity contribution >= 4 is 29.9 Å². The fraction of sp³-hybridized carbons (Fsp3) is 0.478. The number of aliphatic imine (C=N–C) groups is 1. The molecule has 2 aromatic rings. The smallest absolute Gasteiger partial charge is 0.219 e. The number of aromatic nitrogens is 1. The fourth-order valence-electron chi connectivity index (χ4n) is 3.09. The first-order valence-corrected chi connectivity index (χ1v) is 10.8. The Morgan fingerprint density at radius 1 is 1.25 bits per heavy atom. The lowest BCUT2D eigenvalue weighted by atomic mass is 10.1. The summed E-state index contributed by atoms with van der Waals surface area (Å²) in [5.74, 6) is 1.98. The lowest BCUT2D eigenvalue weighted by Gasteiger charge is -2.12. The molecule has 1 aromatic heterocycles. The Bertz CT molecular complexity index is 817. The van der Waals surface area contributed by atoms with Gasteiger partial charge in [-0.05, 0) is 55.7 Å². The Kier molecular flexibility index (Phi) is 12.3. The molecule has 2 N–H and O–H groups in total. The minimum Gasteiger partial charge on any atom is -0.439 e. The second-order valence-corrected chi connectivity index (χ2v) is 7.34. The molecule has 0 saturated carbocycles. The summed E-state index contributed by atoms with van der Waals surface area (Å²) in [7, 11) is 0. The molecule has 1 saturated heterocycles. The molecular formula is C23H32FIN4O3. The van der Waals surface area contributed by atoms with E-state index in [1.165, 1.54) is 12.1 Å². The Balaban J connectivity index is 0.00000363. The van der Waals surface area contributed by atoms with E-state index in [-0.39, 0.29) is 29.8 Å². The third-order valence-electron chi connectivity index (χ3n) is 4.73. The zero-order valence-corrected chi connectivity index (χ0v) is 20.7. The number of guanidine groups is 1. The van der Waals surface area contributed by atoms with E-state index < -0.39 is 0 Å². The van der Waals surface area contributed by atoms with Gasteiger partial charge in [-0.3, -0.25) is 0 Å². The van der Waals surface area contributed by atoms with Crippen LogP contribution in [0, 0.1) is 11.7 Å². The van der Waals surface area contributed by atoms with Crippen molar-refractivity contribution in [3.05, 3.63) is 54.0 Å². The van der Waals surface area contributed by atoms with E-state index in [2.05, 4.69) is 20.6 Å². The Morgan fingerprint density at radius 2 is 2.09 bits per heavy atom. The number of rotatable bonds is 11. The van der Waals surface area contributed by atoms with Crippen molar-refractivity contribution in [2.75, 3.05) is 39.5 Å². The molecule has 32 heavy (non-hydrogen) atoms. The lowest BCUT2D eigenvalue weighted by Crippen LogP contribution is -2.38. The van der Waals surface area contributed by atoms with Crippen molar-refractivity contribution in [2.45, 2.75) is 26.3 Å². The monoisotopic (exact) mass is 558 g/mol.